The number of benzene rings is 1. The predicted molar refractivity (Wildman–Crippen MR) is 45.4 cm³/mol. The zero-order valence-electron chi connectivity index (χ0n) is 7.01. The van der Waals surface area contributed by atoms with E-state index in [9.17, 15) is 4.79 Å². The first kappa shape index (κ1) is 10.0. The van der Waals surface area contributed by atoms with Gasteiger partial charge in [0, 0.05) is 0 Å². The van der Waals surface area contributed by atoms with Gasteiger partial charge in [-0.05, 0) is 17.7 Å². The number of aliphatic hydroxyl groups is 1. The van der Waals surface area contributed by atoms with Crippen LogP contribution in [0.15, 0.2) is 18.2 Å². The summed E-state index contributed by atoms with van der Waals surface area (Å²) in [4.78, 5) is 10.4. The monoisotopic (exact) mass is 193 g/mol. The van der Waals surface area contributed by atoms with E-state index in [1.54, 1.807) is 6.07 Å². The van der Waals surface area contributed by atoms with Gasteiger partial charge in [0.25, 0.3) is 0 Å². The molecule has 0 heterocycles. The van der Waals surface area contributed by atoms with E-state index in [1.165, 1.54) is 12.1 Å². The summed E-state index contributed by atoms with van der Waals surface area (Å²) >= 11 is 0. The van der Waals surface area contributed by atoms with Gasteiger partial charge in [0.15, 0.2) is 6.10 Å². The van der Waals surface area contributed by atoms with Crippen LogP contribution >= 0.6 is 0 Å². The van der Waals surface area contributed by atoms with Gasteiger partial charge in [0.05, 0.1) is 5.56 Å². The molecule has 0 saturated carbocycles. The third-order valence-electron chi connectivity index (χ3n) is 1.69. The molecule has 0 aliphatic heterocycles. The first-order valence-corrected chi connectivity index (χ1v) is 3.70. The van der Waals surface area contributed by atoms with Crippen LogP contribution in [0.2, 0.25) is 0 Å². The number of nitrogens with zero attached hydrogens (tertiary/aromatic N) is 1. The van der Waals surface area contributed by atoms with Gasteiger partial charge in [0.2, 0.25) is 0 Å². The summed E-state index contributed by atoms with van der Waals surface area (Å²) in [6.07, 6.45) is -1.68. The summed E-state index contributed by atoms with van der Waals surface area (Å²) in [7, 11) is 0. The number of carboxylic acids is 1. The van der Waals surface area contributed by atoms with Crippen LogP contribution in [0.25, 0.3) is 0 Å². The molecule has 0 aliphatic rings. The van der Waals surface area contributed by atoms with Crippen molar-refractivity contribution in [2.24, 2.45) is 0 Å². The normalized spacial score (nSPS) is 11.7. The van der Waals surface area contributed by atoms with Gasteiger partial charge in [-0.15, -0.1) is 0 Å². The molecule has 5 nitrogen and oxygen atoms in total. The molecule has 0 saturated heterocycles. The highest BCUT2D eigenvalue weighted by atomic mass is 16.4. The Balaban J connectivity index is 3.14. The molecule has 1 unspecified atom stereocenters. The van der Waals surface area contributed by atoms with Gasteiger partial charge >= 0.3 is 5.97 Å². The van der Waals surface area contributed by atoms with Crippen LogP contribution in [0.5, 0.6) is 5.75 Å². The zero-order chi connectivity index (χ0) is 10.7. The van der Waals surface area contributed by atoms with E-state index in [-0.39, 0.29) is 16.9 Å². The van der Waals surface area contributed by atoms with Crippen molar-refractivity contribution in [3.8, 4) is 11.8 Å². The van der Waals surface area contributed by atoms with Crippen molar-refractivity contribution in [3.63, 3.8) is 0 Å². The van der Waals surface area contributed by atoms with Crippen molar-refractivity contribution < 1.29 is 20.1 Å². The highest BCUT2D eigenvalue weighted by Gasteiger charge is 2.16. The fraction of sp³-hybridized carbons (Fsp3) is 0.111. The van der Waals surface area contributed by atoms with Crippen LogP contribution in [0.4, 0.5) is 0 Å². The van der Waals surface area contributed by atoms with Crippen molar-refractivity contribution in [1.82, 2.24) is 0 Å². The van der Waals surface area contributed by atoms with E-state index >= 15 is 0 Å². The first-order valence-electron chi connectivity index (χ1n) is 3.70. The number of aromatic hydroxyl groups is 1. The fourth-order valence-electron chi connectivity index (χ4n) is 0.956. The number of rotatable bonds is 2. The Hall–Kier alpha value is -2.06. The van der Waals surface area contributed by atoms with Gasteiger partial charge < -0.3 is 15.3 Å². The van der Waals surface area contributed by atoms with Crippen LogP contribution < -0.4 is 0 Å². The number of hydrogen-bond donors (Lipinski definition) is 3. The van der Waals surface area contributed by atoms with Crippen molar-refractivity contribution in [2.75, 3.05) is 0 Å². The molecule has 0 radical (unpaired) electrons. The number of nitriles is 1. The minimum Gasteiger partial charge on any atom is -0.507 e. The molecule has 0 bridgehead atoms. The predicted octanol–water partition coefficient (Wildman–Crippen LogP) is 0.382. The molecule has 1 atom stereocenters. The summed E-state index contributed by atoms with van der Waals surface area (Å²) in [5, 5.41) is 35.2. The van der Waals surface area contributed by atoms with E-state index in [1.807, 2.05) is 0 Å². The van der Waals surface area contributed by atoms with Crippen LogP contribution in [0.1, 0.15) is 17.2 Å². The third-order valence-corrected chi connectivity index (χ3v) is 1.69. The lowest BCUT2D eigenvalue weighted by Crippen LogP contribution is -2.10. The molecule has 1 aromatic carbocycles. The van der Waals surface area contributed by atoms with Crippen LogP contribution in [0.3, 0.4) is 0 Å². The molecular weight excluding hydrogens is 186 g/mol. The van der Waals surface area contributed by atoms with Gasteiger partial charge in [-0.2, -0.15) is 5.26 Å². The number of hydrogen-bond acceptors (Lipinski definition) is 4. The topological polar surface area (TPSA) is 102 Å². The highest BCUT2D eigenvalue weighted by Crippen LogP contribution is 2.21. The number of phenolic OH excluding ortho intramolecular Hbond substituents is 1. The highest BCUT2D eigenvalue weighted by molar-refractivity contribution is 5.74. The number of carbonyl (C=O) groups is 1. The molecule has 14 heavy (non-hydrogen) atoms. The average molecular weight is 193 g/mol. The van der Waals surface area contributed by atoms with E-state index in [2.05, 4.69) is 0 Å². The van der Waals surface area contributed by atoms with Gasteiger partial charge in [-0.3, -0.25) is 0 Å². The standard InChI is InChI=1S/C9H7NO4/c10-4-6-3-5(1-2-7(6)11)8(12)9(13)14/h1-3,8,11-12H,(H,13,14). The number of carboxylic acid groups (broad SMARTS) is 1. The number of aliphatic carboxylic acids is 1. The van der Waals surface area contributed by atoms with Crippen LogP contribution in [-0.4, -0.2) is 21.3 Å². The summed E-state index contributed by atoms with van der Waals surface area (Å²) in [6.45, 7) is 0. The van der Waals surface area contributed by atoms with Crippen molar-refractivity contribution in [2.45, 2.75) is 6.10 Å². The molecular formula is C9H7NO4. The molecule has 0 aliphatic carbocycles. The first-order chi connectivity index (χ1) is 6.56. The largest absolute Gasteiger partial charge is 0.507 e. The second kappa shape index (κ2) is 3.77. The molecule has 1 rings (SSSR count). The lowest BCUT2D eigenvalue weighted by Gasteiger charge is -2.06. The van der Waals surface area contributed by atoms with E-state index in [4.69, 9.17) is 20.6 Å². The molecule has 0 spiro atoms. The Bertz CT molecular complexity index is 408. The maximum absolute atomic E-state index is 10.4. The minimum absolute atomic E-state index is 0.0619. The van der Waals surface area contributed by atoms with Gasteiger partial charge in [0.1, 0.15) is 11.8 Å². The zero-order valence-corrected chi connectivity index (χ0v) is 7.01. The molecule has 72 valence electrons. The molecule has 1 aromatic rings. The maximum atomic E-state index is 10.4. The van der Waals surface area contributed by atoms with E-state index in [0.29, 0.717) is 0 Å². The Morgan fingerprint density at radius 2 is 2.14 bits per heavy atom. The lowest BCUT2D eigenvalue weighted by atomic mass is 10.1. The Morgan fingerprint density at radius 3 is 2.64 bits per heavy atom. The second-order valence-corrected chi connectivity index (χ2v) is 2.63. The smallest absolute Gasteiger partial charge is 0.337 e. The third kappa shape index (κ3) is 1.81. The minimum atomic E-state index is -1.68. The number of phenols is 1. The van der Waals surface area contributed by atoms with Crippen molar-refractivity contribution >= 4 is 5.97 Å². The summed E-state index contributed by atoms with van der Waals surface area (Å²) in [6, 6.07) is 5.22. The molecule has 3 N–H and O–H groups in total. The summed E-state index contributed by atoms with van der Waals surface area (Å²) in [5.74, 6) is -1.64. The molecule has 5 heteroatoms. The van der Waals surface area contributed by atoms with Crippen LogP contribution in [0, 0.1) is 11.3 Å². The summed E-state index contributed by atoms with van der Waals surface area (Å²) < 4.78 is 0. The molecule has 0 aromatic heterocycles. The lowest BCUT2D eigenvalue weighted by molar-refractivity contribution is -0.146. The van der Waals surface area contributed by atoms with Crippen molar-refractivity contribution in [1.29, 1.82) is 5.26 Å². The van der Waals surface area contributed by atoms with E-state index in [0.717, 1.165) is 6.07 Å². The molecule has 0 fully saturated rings. The Labute approximate surface area is 79.5 Å². The SMILES string of the molecule is N#Cc1cc(C(O)C(=O)O)ccc1O. The van der Waals surface area contributed by atoms with E-state index < -0.39 is 12.1 Å². The van der Waals surface area contributed by atoms with Gasteiger partial charge in [-0.25, -0.2) is 4.79 Å². The number of aliphatic hydroxyl groups excluding tert-OH is 1. The van der Waals surface area contributed by atoms with Crippen LogP contribution in [-0.2, 0) is 4.79 Å². The second-order valence-electron chi connectivity index (χ2n) is 2.63. The quantitative estimate of drug-likeness (QED) is 0.630. The summed E-state index contributed by atoms with van der Waals surface area (Å²) in [5.41, 5.74) is -0.00495. The van der Waals surface area contributed by atoms with Gasteiger partial charge in [-0.1, -0.05) is 6.07 Å². The maximum Gasteiger partial charge on any atom is 0.337 e. The average Bonchev–Trinajstić information content (AvgIpc) is 2.17. The molecule has 0 amide bonds. The fourth-order valence-corrected chi connectivity index (χ4v) is 0.956. The Kier molecular flexibility index (Phi) is 2.70. The Morgan fingerprint density at radius 1 is 1.50 bits per heavy atom. The van der Waals surface area contributed by atoms with Crippen molar-refractivity contribution in [3.05, 3.63) is 29.3 Å².